The van der Waals surface area contributed by atoms with Gasteiger partial charge in [-0.05, 0) is 18.7 Å². The minimum absolute atomic E-state index is 0. The standard InChI is InChI=1S/C11H17N.BH2O2.ClH/c1-3-12(4-2)10-11-8-6-5-7-9-11;2-1-3;/h5-9H,3-4,10H2,1-2H3;2-3H;1H. The summed E-state index contributed by atoms with van der Waals surface area (Å²) in [6.45, 7) is 7.74. The molecule has 3 nitrogen and oxygen atoms in total. The van der Waals surface area contributed by atoms with Crippen molar-refractivity contribution in [1.82, 2.24) is 4.90 Å². The largest absolute Gasteiger partial charge is 0.482 e. The Balaban J connectivity index is 0. The lowest BCUT2D eigenvalue weighted by Crippen LogP contribution is -2.21. The van der Waals surface area contributed by atoms with Crippen LogP contribution in [0.2, 0.25) is 0 Å². The fourth-order valence-corrected chi connectivity index (χ4v) is 1.29. The molecule has 1 aromatic carbocycles. The molecule has 0 fully saturated rings. The van der Waals surface area contributed by atoms with Crippen LogP contribution in [0.4, 0.5) is 0 Å². The smallest absolute Gasteiger partial charge is 0.429 e. The van der Waals surface area contributed by atoms with Crippen LogP contribution in [-0.4, -0.2) is 35.7 Å². The molecule has 0 spiro atoms. The van der Waals surface area contributed by atoms with Crippen molar-refractivity contribution >= 4 is 20.1 Å². The molecule has 1 radical (unpaired) electrons. The van der Waals surface area contributed by atoms with E-state index in [-0.39, 0.29) is 20.1 Å². The van der Waals surface area contributed by atoms with Gasteiger partial charge in [-0.15, -0.1) is 12.4 Å². The third-order valence-electron chi connectivity index (χ3n) is 2.14. The Morgan fingerprint density at radius 1 is 1.06 bits per heavy atom. The van der Waals surface area contributed by atoms with Crippen molar-refractivity contribution in [2.75, 3.05) is 13.1 Å². The highest BCUT2D eigenvalue weighted by Crippen LogP contribution is 2.02. The van der Waals surface area contributed by atoms with Crippen LogP contribution in [0.25, 0.3) is 0 Å². The highest BCUT2D eigenvalue weighted by atomic mass is 35.5. The molecule has 0 aromatic heterocycles. The van der Waals surface area contributed by atoms with Crippen molar-refractivity contribution in [2.24, 2.45) is 0 Å². The number of hydrogen-bond donors (Lipinski definition) is 2. The first-order chi connectivity index (χ1) is 7.28. The topological polar surface area (TPSA) is 43.7 Å². The maximum absolute atomic E-state index is 7.00. The Morgan fingerprint density at radius 3 is 1.88 bits per heavy atom. The molecule has 0 aliphatic carbocycles. The summed E-state index contributed by atoms with van der Waals surface area (Å²) in [5.74, 6) is 0. The van der Waals surface area contributed by atoms with E-state index in [2.05, 4.69) is 49.1 Å². The second-order valence-corrected chi connectivity index (χ2v) is 3.06. The van der Waals surface area contributed by atoms with Crippen molar-refractivity contribution in [1.29, 1.82) is 0 Å². The van der Waals surface area contributed by atoms with Crippen LogP contribution >= 0.6 is 12.4 Å². The third-order valence-corrected chi connectivity index (χ3v) is 2.14. The van der Waals surface area contributed by atoms with Gasteiger partial charge in [-0.2, -0.15) is 0 Å². The Labute approximate surface area is 105 Å². The van der Waals surface area contributed by atoms with Crippen LogP contribution in [0.3, 0.4) is 0 Å². The zero-order valence-electron chi connectivity index (χ0n) is 9.84. The highest BCUT2D eigenvalue weighted by molar-refractivity contribution is 6.13. The monoisotopic (exact) mass is 244 g/mol. The summed E-state index contributed by atoms with van der Waals surface area (Å²) >= 11 is 0. The zero-order chi connectivity index (χ0) is 11.5. The average molecular weight is 245 g/mol. The van der Waals surface area contributed by atoms with Crippen molar-refractivity contribution in [2.45, 2.75) is 20.4 Å². The number of nitrogens with zero attached hydrogens (tertiary/aromatic N) is 1. The molecule has 2 N–H and O–H groups in total. The van der Waals surface area contributed by atoms with E-state index in [4.69, 9.17) is 10.0 Å². The molecule has 0 aliphatic heterocycles. The van der Waals surface area contributed by atoms with Crippen molar-refractivity contribution in [3.63, 3.8) is 0 Å². The summed E-state index contributed by atoms with van der Waals surface area (Å²) in [5, 5.41) is 14.0. The summed E-state index contributed by atoms with van der Waals surface area (Å²) in [7, 11) is 0. The molecule has 1 rings (SSSR count). The van der Waals surface area contributed by atoms with E-state index in [0.717, 1.165) is 19.6 Å². The molecular formula is C11H20BClNO2. The Hall–Kier alpha value is -0.545. The molecule has 0 heterocycles. The van der Waals surface area contributed by atoms with Crippen LogP contribution < -0.4 is 0 Å². The summed E-state index contributed by atoms with van der Waals surface area (Å²) in [5.41, 5.74) is 1.40. The summed E-state index contributed by atoms with van der Waals surface area (Å²) < 4.78 is 0. The second kappa shape index (κ2) is 12.5. The van der Waals surface area contributed by atoms with E-state index in [0.29, 0.717) is 0 Å². The number of hydrogen-bond acceptors (Lipinski definition) is 3. The van der Waals surface area contributed by atoms with Crippen molar-refractivity contribution < 1.29 is 10.0 Å². The molecular weight excluding hydrogens is 224 g/mol. The summed E-state index contributed by atoms with van der Waals surface area (Å²) in [6, 6.07) is 10.6. The molecule has 0 unspecified atom stereocenters. The lowest BCUT2D eigenvalue weighted by Gasteiger charge is -2.17. The first-order valence-corrected chi connectivity index (χ1v) is 5.14. The van der Waals surface area contributed by atoms with Gasteiger partial charge in [0.15, 0.2) is 0 Å². The van der Waals surface area contributed by atoms with Gasteiger partial charge in [0.05, 0.1) is 0 Å². The molecule has 0 amide bonds. The van der Waals surface area contributed by atoms with Gasteiger partial charge in [-0.3, -0.25) is 4.90 Å². The first-order valence-electron chi connectivity index (χ1n) is 5.14. The van der Waals surface area contributed by atoms with Gasteiger partial charge < -0.3 is 10.0 Å². The molecule has 0 saturated carbocycles. The van der Waals surface area contributed by atoms with E-state index in [9.17, 15) is 0 Å². The number of halogens is 1. The molecule has 0 bridgehead atoms. The third kappa shape index (κ3) is 8.74. The molecule has 0 aliphatic rings. The lowest BCUT2D eigenvalue weighted by molar-refractivity contribution is 0.296. The Kier molecular flexibility index (Phi) is 14.0. The molecule has 16 heavy (non-hydrogen) atoms. The normalized spacial score (nSPS) is 8.81. The Morgan fingerprint density at radius 2 is 1.50 bits per heavy atom. The predicted molar refractivity (Wildman–Crippen MR) is 70.5 cm³/mol. The minimum Gasteiger partial charge on any atom is -0.429 e. The molecule has 5 heteroatoms. The summed E-state index contributed by atoms with van der Waals surface area (Å²) in [4.78, 5) is 2.41. The number of benzene rings is 1. The van der Waals surface area contributed by atoms with Crippen LogP contribution in [0, 0.1) is 0 Å². The summed E-state index contributed by atoms with van der Waals surface area (Å²) in [6.07, 6.45) is 0. The quantitative estimate of drug-likeness (QED) is 0.788. The van der Waals surface area contributed by atoms with Crippen molar-refractivity contribution in [3.8, 4) is 0 Å². The van der Waals surface area contributed by atoms with Gasteiger partial charge in [-0.1, -0.05) is 44.2 Å². The van der Waals surface area contributed by atoms with E-state index in [1.807, 2.05) is 0 Å². The highest BCUT2D eigenvalue weighted by Gasteiger charge is 1.98. The van der Waals surface area contributed by atoms with Gasteiger partial charge in [0.1, 0.15) is 0 Å². The predicted octanol–water partition coefficient (Wildman–Crippen LogP) is 1.46. The number of rotatable bonds is 4. The fraction of sp³-hybridized carbons (Fsp3) is 0.455. The zero-order valence-corrected chi connectivity index (χ0v) is 10.7. The molecule has 0 saturated heterocycles. The van der Waals surface area contributed by atoms with E-state index >= 15 is 0 Å². The van der Waals surface area contributed by atoms with E-state index < -0.39 is 0 Å². The lowest BCUT2D eigenvalue weighted by atomic mass is 10.2. The van der Waals surface area contributed by atoms with Gasteiger partial charge in [0, 0.05) is 6.54 Å². The van der Waals surface area contributed by atoms with Gasteiger partial charge in [0.25, 0.3) is 0 Å². The molecule has 91 valence electrons. The Bertz CT molecular complexity index is 233. The maximum atomic E-state index is 7.00. The maximum Gasteiger partial charge on any atom is 0.482 e. The second-order valence-electron chi connectivity index (χ2n) is 3.06. The first kappa shape index (κ1) is 17.8. The van der Waals surface area contributed by atoms with Gasteiger partial charge >= 0.3 is 7.69 Å². The van der Waals surface area contributed by atoms with Gasteiger partial charge in [0.2, 0.25) is 0 Å². The molecule has 1 aromatic rings. The van der Waals surface area contributed by atoms with Crippen LogP contribution in [-0.2, 0) is 6.54 Å². The van der Waals surface area contributed by atoms with Crippen LogP contribution in [0.5, 0.6) is 0 Å². The van der Waals surface area contributed by atoms with E-state index in [1.165, 1.54) is 5.56 Å². The SMILES string of the molecule is CCN(CC)Cc1ccccc1.Cl.O[B]O. The van der Waals surface area contributed by atoms with Crippen LogP contribution in [0.1, 0.15) is 19.4 Å². The average Bonchev–Trinajstić information content (AvgIpc) is 2.28. The van der Waals surface area contributed by atoms with Gasteiger partial charge in [-0.25, -0.2) is 0 Å². The minimum atomic E-state index is 0. The molecule has 0 atom stereocenters. The van der Waals surface area contributed by atoms with Crippen LogP contribution in [0.15, 0.2) is 30.3 Å². The van der Waals surface area contributed by atoms with Crippen molar-refractivity contribution in [3.05, 3.63) is 35.9 Å². The van der Waals surface area contributed by atoms with E-state index in [1.54, 1.807) is 0 Å². The fourth-order valence-electron chi connectivity index (χ4n) is 1.29.